The molecular formula is H6K2O4Os. The van der Waals surface area contributed by atoms with Crippen molar-refractivity contribution in [3.63, 3.8) is 0 Å². The Morgan fingerprint density at radius 1 is 0.571 bits per heavy atom. The quantitative estimate of drug-likeness (QED) is 0.407. The molecule has 40 valence electrons. The zero-order valence-corrected chi connectivity index (χ0v) is 13.0. The van der Waals surface area contributed by atoms with Crippen LogP contribution in [0.25, 0.3) is 0 Å². The van der Waals surface area contributed by atoms with Gasteiger partial charge in [0.2, 0.25) is 0 Å². The van der Waals surface area contributed by atoms with E-state index < -0.39 is 0 Å². The minimum atomic E-state index is 0. The van der Waals surface area contributed by atoms with E-state index in [-0.39, 0.29) is 144 Å². The third-order valence-electron chi connectivity index (χ3n) is 0. The molecule has 0 aromatic carbocycles. The molecule has 6 N–H and O–H groups in total. The van der Waals surface area contributed by atoms with Crippen LogP contribution in [0.5, 0.6) is 0 Å². The minimum absolute atomic E-state index is 0. The van der Waals surface area contributed by atoms with Gasteiger partial charge in [0.05, 0.1) is 0 Å². The number of hydrogen-bond donors (Lipinski definition) is 0. The molecule has 0 amide bonds. The van der Waals surface area contributed by atoms with E-state index in [0.29, 0.717) is 0 Å². The van der Waals surface area contributed by atoms with Gasteiger partial charge in [-0.1, -0.05) is 0 Å². The molecule has 0 aliphatic carbocycles. The van der Waals surface area contributed by atoms with Gasteiger partial charge in [-0.25, -0.2) is 0 Å². The van der Waals surface area contributed by atoms with Gasteiger partial charge in [0.25, 0.3) is 0 Å². The molecule has 0 saturated heterocycles. The Balaban J connectivity index is 0. The molecule has 0 spiro atoms. The molecule has 0 unspecified atom stereocenters. The maximum atomic E-state index is 0. The van der Waals surface area contributed by atoms with E-state index in [1.807, 2.05) is 0 Å². The van der Waals surface area contributed by atoms with E-state index >= 15 is 0 Å². The molecule has 0 aromatic rings. The van der Waals surface area contributed by atoms with Crippen molar-refractivity contribution in [2.24, 2.45) is 0 Å². The van der Waals surface area contributed by atoms with Gasteiger partial charge >= 0.3 is 103 Å². The van der Waals surface area contributed by atoms with Gasteiger partial charge in [-0.3, -0.25) is 0 Å². The molecule has 0 atom stereocenters. The Labute approximate surface area is 140 Å². The van der Waals surface area contributed by atoms with Crippen molar-refractivity contribution in [3.8, 4) is 0 Å². The van der Waals surface area contributed by atoms with Crippen LogP contribution in [0.3, 0.4) is 0 Å². The van der Waals surface area contributed by atoms with Crippen molar-refractivity contribution in [2.75, 3.05) is 0 Å². The van der Waals surface area contributed by atoms with E-state index in [2.05, 4.69) is 0 Å². The second-order valence-electron chi connectivity index (χ2n) is 0. The largest absolute Gasteiger partial charge is 1.00 e. The molecular weight excluding hydrogens is 332 g/mol. The molecule has 0 radical (unpaired) electrons. The predicted molar refractivity (Wildman–Crippen MR) is 11.1 cm³/mol. The van der Waals surface area contributed by atoms with Gasteiger partial charge in [0.1, 0.15) is 0 Å². The average molecular weight is 338 g/mol. The molecule has 0 heterocycles. The van der Waals surface area contributed by atoms with Gasteiger partial charge in [-0.05, 0) is 0 Å². The second-order valence-corrected chi connectivity index (χ2v) is 0. The van der Waals surface area contributed by atoms with Crippen molar-refractivity contribution in [3.05, 3.63) is 0 Å². The smallest absolute Gasteiger partial charge is 0.870 e. The second kappa shape index (κ2) is 53.1. The van der Waals surface area contributed by atoms with Crippen molar-refractivity contribution >= 4 is 0 Å². The molecule has 4 nitrogen and oxygen atoms in total. The van der Waals surface area contributed by atoms with E-state index in [4.69, 9.17) is 0 Å². The van der Waals surface area contributed by atoms with Crippen LogP contribution in [0.15, 0.2) is 0 Å². The Hall–Kier alpha value is 3.75. The van der Waals surface area contributed by atoms with Crippen LogP contribution >= 0.6 is 0 Å². The average Bonchev–Trinajstić information content (AvgIpc) is 0. The van der Waals surface area contributed by atoms with E-state index in [0.717, 1.165) is 0 Å². The number of rotatable bonds is 0. The predicted octanol–water partition coefficient (Wildman–Crippen LogP) is -8.00. The van der Waals surface area contributed by atoms with Crippen LogP contribution in [-0.2, 0) is 19.8 Å². The SMILES string of the molecule is O.O.[K+].[K+].[OH-].[OH-].[Os]. The molecule has 0 aliphatic heterocycles. The minimum Gasteiger partial charge on any atom is -0.870 e. The van der Waals surface area contributed by atoms with Gasteiger partial charge in [-0.2, -0.15) is 0 Å². The summed E-state index contributed by atoms with van der Waals surface area (Å²) >= 11 is 0. The van der Waals surface area contributed by atoms with E-state index in [9.17, 15) is 0 Å². The van der Waals surface area contributed by atoms with Crippen LogP contribution in [-0.4, -0.2) is 21.9 Å². The Bertz CT molecular complexity index is 9.65. The first-order chi connectivity index (χ1) is 0. The maximum absolute atomic E-state index is 0. The molecule has 0 rings (SSSR count). The standard InChI is InChI=1S/2K.4H2O.Os/h;;4*1H2;/q2*+1;;;;;/p-2. The Kier molecular flexibility index (Phi) is 551. The molecule has 0 bridgehead atoms. The summed E-state index contributed by atoms with van der Waals surface area (Å²) in [7, 11) is 0. The zero-order valence-electron chi connectivity index (χ0n) is 4.25. The number of hydrogen-bond acceptors (Lipinski definition) is 2. The summed E-state index contributed by atoms with van der Waals surface area (Å²) in [5, 5.41) is 0. The fraction of sp³-hybridized carbons (Fsp3) is 0. The summed E-state index contributed by atoms with van der Waals surface area (Å²) in [5.41, 5.74) is 0. The van der Waals surface area contributed by atoms with Gasteiger partial charge in [0.15, 0.2) is 0 Å². The van der Waals surface area contributed by atoms with Crippen molar-refractivity contribution < 1.29 is 144 Å². The molecule has 7 heavy (non-hydrogen) atoms. The Morgan fingerprint density at radius 2 is 0.571 bits per heavy atom. The van der Waals surface area contributed by atoms with Crippen LogP contribution < -0.4 is 103 Å². The monoisotopic (exact) mass is 340 g/mol. The molecule has 0 aromatic heterocycles. The fourth-order valence-corrected chi connectivity index (χ4v) is 0. The molecule has 0 saturated carbocycles. The van der Waals surface area contributed by atoms with Gasteiger partial charge in [-0.15, -0.1) is 0 Å². The van der Waals surface area contributed by atoms with Gasteiger partial charge in [0, 0.05) is 19.8 Å². The normalized spacial score (nSPS) is 0. The topological polar surface area (TPSA) is 123 Å². The van der Waals surface area contributed by atoms with Crippen LogP contribution in [0.4, 0.5) is 0 Å². The van der Waals surface area contributed by atoms with Crippen molar-refractivity contribution in [1.82, 2.24) is 0 Å². The summed E-state index contributed by atoms with van der Waals surface area (Å²) in [6, 6.07) is 0. The van der Waals surface area contributed by atoms with E-state index in [1.54, 1.807) is 0 Å². The van der Waals surface area contributed by atoms with Crippen LogP contribution in [0, 0.1) is 0 Å². The molecule has 0 fully saturated rings. The Morgan fingerprint density at radius 3 is 0.571 bits per heavy atom. The summed E-state index contributed by atoms with van der Waals surface area (Å²) < 4.78 is 0. The van der Waals surface area contributed by atoms with Crippen LogP contribution in [0.2, 0.25) is 0 Å². The molecule has 7 heteroatoms. The maximum Gasteiger partial charge on any atom is 1.00 e. The third kappa shape index (κ3) is 41.6. The first kappa shape index (κ1) is 72.7. The first-order valence-electron chi connectivity index (χ1n) is 0. The third-order valence-corrected chi connectivity index (χ3v) is 0. The summed E-state index contributed by atoms with van der Waals surface area (Å²) in [6.07, 6.45) is 0. The zero-order chi connectivity index (χ0) is 0. The fourth-order valence-electron chi connectivity index (χ4n) is 0. The first-order valence-corrected chi connectivity index (χ1v) is 0. The summed E-state index contributed by atoms with van der Waals surface area (Å²) in [5.74, 6) is 0. The summed E-state index contributed by atoms with van der Waals surface area (Å²) in [4.78, 5) is 0. The van der Waals surface area contributed by atoms with Crippen molar-refractivity contribution in [2.45, 2.75) is 0 Å². The summed E-state index contributed by atoms with van der Waals surface area (Å²) in [6.45, 7) is 0. The van der Waals surface area contributed by atoms with Crippen LogP contribution in [0.1, 0.15) is 0 Å². The van der Waals surface area contributed by atoms with E-state index in [1.165, 1.54) is 0 Å². The molecule has 0 aliphatic rings. The van der Waals surface area contributed by atoms with Gasteiger partial charge < -0.3 is 21.9 Å². The van der Waals surface area contributed by atoms with Crippen molar-refractivity contribution in [1.29, 1.82) is 0 Å².